The number of aryl methyl sites for hydroxylation is 1. The predicted octanol–water partition coefficient (Wildman–Crippen LogP) is 0.291. The predicted molar refractivity (Wildman–Crippen MR) is 46.6 cm³/mol. The average Bonchev–Trinajstić information content (AvgIpc) is 2.36. The molecule has 3 N–H and O–H groups in total. The highest BCUT2D eigenvalue weighted by Gasteiger charge is 2.00. The molecule has 0 aliphatic heterocycles. The molecular weight excluding hydrogens is 160 g/mol. The summed E-state index contributed by atoms with van der Waals surface area (Å²) in [6.45, 7) is 1.93. The quantitative estimate of drug-likeness (QED) is 0.381. The second-order valence-corrected chi connectivity index (χ2v) is 3.20. The number of nitrogens with one attached hydrogen (secondary N) is 1. The Kier molecular flexibility index (Phi) is 2.43. The first kappa shape index (κ1) is 8.00. The summed E-state index contributed by atoms with van der Waals surface area (Å²) in [5.41, 5.74) is 8.19. The summed E-state index contributed by atoms with van der Waals surface area (Å²) in [6.07, 6.45) is 1.72. The molecule has 1 heterocycles. The van der Waals surface area contributed by atoms with E-state index in [1.807, 2.05) is 6.92 Å². The van der Waals surface area contributed by atoms with E-state index < -0.39 is 0 Å². The molecule has 0 bridgehead atoms. The van der Waals surface area contributed by atoms with Gasteiger partial charge in [0.25, 0.3) is 0 Å². The van der Waals surface area contributed by atoms with E-state index in [4.69, 9.17) is 5.73 Å². The third-order valence-electron chi connectivity index (χ3n) is 1.11. The molecule has 11 heavy (non-hydrogen) atoms. The minimum Gasteiger partial charge on any atom is -0.381 e. The van der Waals surface area contributed by atoms with Crippen molar-refractivity contribution >= 4 is 17.2 Å². The molecule has 0 aliphatic carbocycles. The molecule has 4 nitrogen and oxygen atoms in total. The molecule has 5 heteroatoms. The maximum absolute atomic E-state index is 5.58. The van der Waals surface area contributed by atoms with Crippen molar-refractivity contribution in [2.75, 3.05) is 7.05 Å². The first-order valence-corrected chi connectivity index (χ1v) is 3.98. The van der Waals surface area contributed by atoms with Crippen LogP contribution in [0.25, 0.3) is 0 Å². The van der Waals surface area contributed by atoms with Gasteiger partial charge in [0.15, 0.2) is 5.84 Å². The van der Waals surface area contributed by atoms with E-state index in [2.05, 4.69) is 15.5 Å². The Balaban J connectivity index is 2.84. The lowest BCUT2D eigenvalue weighted by atomic mass is 10.5. The molecule has 0 radical (unpaired) electrons. The Morgan fingerprint density at radius 3 is 3.00 bits per heavy atom. The summed E-state index contributed by atoms with van der Waals surface area (Å²) >= 11 is 1.53. The molecule has 1 aromatic rings. The highest BCUT2D eigenvalue weighted by atomic mass is 32.1. The van der Waals surface area contributed by atoms with E-state index in [1.54, 1.807) is 13.2 Å². The lowest BCUT2D eigenvalue weighted by Crippen LogP contribution is -2.15. The van der Waals surface area contributed by atoms with Gasteiger partial charge in [0, 0.05) is 13.2 Å². The monoisotopic (exact) mass is 170 g/mol. The van der Waals surface area contributed by atoms with Crippen LogP contribution in [-0.2, 0) is 0 Å². The molecule has 0 amide bonds. The van der Waals surface area contributed by atoms with Crippen LogP contribution in [0.2, 0.25) is 0 Å². The summed E-state index contributed by atoms with van der Waals surface area (Å²) < 4.78 is 0. The van der Waals surface area contributed by atoms with Crippen molar-refractivity contribution in [1.29, 1.82) is 0 Å². The summed E-state index contributed by atoms with van der Waals surface area (Å²) in [7, 11) is 1.71. The van der Waals surface area contributed by atoms with E-state index in [1.165, 1.54) is 11.3 Å². The van der Waals surface area contributed by atoms with E-state index in [-0.39, 0.29) is 0 Å². The third kappa shape index (κ3) is 1.91. The fourth-order valence-corrected chi connectivity index (χ4v) is 1.33. The Bertz CT molecular complexity index is 265. The molecule has 0 aromatic carbocycles. The standard InChI is InChI=1S/C6H10N4S/c1-4-9-3-5(11-4)6(7)10-8-2/h3,8H,1-2H3,(H2,7,10). The molecule has 0 atom stereocenters. The topological polar surface area (TPSA) is 63.3 Å². The van der Waals surface area contributed by atoms with Crippen LogP contribution >= 0.6 is 11.3 Å². The summed E-state index contributed by atoms with van der Waals surface area (Å²) in [6, 6.07) is 0. The van der Waals surface area contributed by atoms with Crippen molar-refractivity contribution < 1.29 is 0 Å². The van der Waals surface area contributed by atoms with Crippen LogP contribution in [-0.4, -0.2) is 17.9 Å². The number of hydrazone groups is 1. The second kappa shape index (κ2) is 3.34. The van der Waals surface area contributed by atoms with Crippen LogP contribution in [0.3, 0.4) is 0 Å². The Hall–Kier alpha value is -1.10. The molecule has 0 fully saturated rings. The Morgan fingerprint density at radius 2 is 2.55 bits per heavy atom. The van der Waals surface area contributed by atoms with Gasteiger partial charge in [-0.25, -0.2) is 4.98 Å². The number of aromatic nitrogens is 1. The fraction of sp³-hybridized carbons (Fsp3) is 0.333. The summed E-state index contributed by atoms with van der Waals surface area (Å²) in [5.74, 6) is 0.484. The van der Waals surface area contributed by atoms with Crippen LogP contribution in [0.15, 0.2) is 11.3 Å². The molecule has 0 saturated carbocycles. The highest BCUT2D eigenvalue weighted by molar-refractivity contribution is 7.13. The number of hydrogen-bond donors (Lipinski definition) is 2. The van der Waals surface area contributed by atoms with Crippen LogP contribution in [0.4, 0.5) is 0 Å². The van der Waals surface area contributed by atoms with Crippen molar-refractivity contribution in [2.24, 2.45) is 10.8 Å². The van der Waals surface area contributed by atoms with Crippen molar-refractivity contribution in [2.45, 2.75) is 6.92 Å². The van der Waals surface area contributed by atoms with Crippen molar-refractivity contribution in [1.82, 2.24) is 10.4 Å². The van der Waals surface area contributed by atoms with E-state index in [9.17, 15) is 0 Å². The van der Waals surface area contributed by atoms with Crippen LogP contribution in [0.1, 0.15) is 9.88 Å². The molecule has 0 unspecified atom stereocenters. The minimum absolute atomic E-state index is 0.484. The molecule has 1 aromatic heterocycles. The van der Waals surface area contributed by atoms with Crippen LogP contribution in [0, 0.1) is 6.92 Å². The van der Waals surface area contributed by atoms with Crippen molar-refractivity contribution in [3.8, 4) is 0 Å². The van der Waals surface area contributed by atoms with Crippen LogP contribution < -0.4 is 11.2 Å². The molecule has 1 rings (SSSR count). The number of rotatable bonds is 2. The lowest BCUT2D eigenvalue weighted by molar-refractivity contribution is 0.898. The van der Waals surface area contributed by atoms with Gasteiger partial charge >= 0.3 is 0 Å². The first-order valence-electron chi connectivity index (χ1n) is 3.16. The number of amidine groups is 1. The normalized spacial score (nSPS) is 11.6. The summed E-state index contributed by atoms with van der Waals surface area (Å²) in [4.78, 5) is 4.95. The summed E-state index contributed by atoms with van der Waals surface area (Å²) in [5, 5.41) is 4.82. The average molecular weight is 170 g/mol. The number of thiazole rings is 1. The zero-order valence-electron chi connectivity index (χ0n) is 6.46. The van der Waals surface area contributed by atoms with Gasteiger partial charge in [0.1, 0.15) is 0 Å². The van der Waals surface area contributed by atoms with Gasteiger partial charge in [-0.3, -0.25) is 0 Å². The smallest absolute Gasteiger partial charge is 0.162 e. The zero-order chi connectivity index (χ0) is 8.27. The third-order valence-corrected chi connectivity index (χ3v) is 2.04. The van der Waals surface area contributed by atoms with E-state index in [0.717, 1.165) is 9.88 Å². The molecule has 60 valence electrons. The van der Waals surface area contributed by atoms with Gasteiger partial charge in [-0.1, -0.05) is 0 Å². The van der Waals surface area contributed by atoms with Gasteiger partial charge < -0.3 is 11.2 Å². The zero-order valence-corrected chi connectivity index (χ0v) is 7.27. The molecular formula is C6H10N4S. The van der Waals surface area contributed by atoms with Crippen LogP contribution in [0.5, 0.6) is 0 Å². The van der Waals surface area contributed by atoms with E-state index >= 15 is 0 Å². The maximum Gasteiger partial charge on any atom is 0.162 e. The molecule has 0 saturated heterocycles. The van der Waals surface area contributed by atoms with Gasteiger partial charge in [0.05, 0.1) is 9.88 Å². The fourth-order valence-electron chi connectivity index (χ4n) is 0.655. The second-order valence-electron chi connectivity index (χ2n) is 1.96. The minimum atomic E-state index is 0.484. The number of nitrogens with zero attached hydrogens (tertiary/aromatic N) is 2. The highest BCUT2D eigenvalue weighted by Crippen LogP contribution is 2.10. The van der Waals surface area contributed by atoms with Gasteiger partial charge in [-0.05, 0) is 6.92 Å². The maximum atomic E-state index is 5.58. The molecule has 0 spiro atoms. The number of nitrogens with two attached hydrogens (primary N) is 1. The SMILES string of the molecule is CNN=C(N)c1cnc(C)s1. The lowest BCUT2D eigenvalue weighted by Gasteiger charge is -1.92. The van der Waals surface area contributed by atoms with Crippen molar-refractivity contribution in [3.05, 3.63) is 16.1 Å². The van der Waals surface area contributed by atoms with Crippen molar-refractivity contribution in [3.63, 3.8) is 0 Å². The van der Waals surface area contributed by atoms with Gasteiger partial charge in [0.2, 0.25) is 0 Å². The Labute approximate surface area is 69.1 Å². The molecule has 0 aliphatic rings. The van der Waals surface area contributed by atoms with E-state index in [0.29, 0.717) is 5.84 Å². The van der Waals surface area contributed by atoms with Gasteiger partial charge in [-0.2, -0.15) is 5.10 Å². The Morgan fingerprint density at radius 1 is 1.82 bits per heavy atom. The number of hydrogen-bond acceptors (Lipinski definition) is 4. The largest absolute Gasteiger partial charge is 0.381 e. The first-order chi connectivity index (χ1) is 5.24. The van der Waals surface area contributed by atoms with Gasteiger partial charge in [-0.15, -0.1) is 11.3 Å².